The summed E-state index contributed by atoms with van der Waals surface area (Å²) in [5.41, 5.74) is 0. The third-order valence-electron chi connectivity index (χ3n) is 2.05. The molecule has 2 rings (SSSR count). The Morgan fingerprint density at radius 3 is 2.72 bits per heavy atom. The summed E-state index contributed by atoms with van der Waals surface area (Å²) in [5, 5.41) is 5.86. The SMILES string of the molecule is Brc1ccc(OCCO/N=C/c2cccs2)cc1. The molecule has 5 heteroatoms. The second kappa shape index (κ2) is 7.18. The van der Waals surface area contributed by atoms with Gasteiger partial charge in [-0.15, -0.1) is 11.3 Å². The summed E-state index contributed by atoms with van der Waals surface area (Å²) in [7, 11) is 0. The van der Waals surface area contributed by atoms with Gasteiger partial charge in [-0.25, -0.2) is 0 Å². The van der Waals surface area contributed by atoms with E-state index >= 15 is 0 Å². The molecule has 0 saturated heterocycles. The fourth-order valence-electron chi connectivity index (χ4n) is 1.23. The molecule has 1 aromatic heterocycles. The summed E-state index contributed by atoms with van der Waals surface area (Å²) in [6.07, 6.45) is 1.70. The zero-order chi connectivity index (χ0) is 12.6. The quantitative estimate of drug-likeness (QED) is 0.457. The molecule has 0 bridgehead atoms. The maximum absolute atomic E-state index is 5.48. The molecule has 0 amide bonds. The van der Waals surface area contributed by atoms with Gasteiger partial charge in [0.15, 0.2) is 6.61 Å². The van der Waals surface area contributed by atoms with E-state index in [2.05, 4.69) is 21.1 Å². The summed E-state index contributed by atoms with van der Waals surface area (Å²) < 4.78 is 6.52. The standard InChI is InChI=1S/C13H12BrNO2S/c14-11-3-5-12(6-4-11)16-7-8-17-15-10-13-2-1-9-18-13/h1-6,9-10H,7-8H2/b15-10+. The number of ether oxygens (including phenoxy) is 1. The molecular formula is C13H12BrNO2S. The number of thiophene rings is 1. The number of oxime groups is 1. The number of nitrogens with zero attached hydrogens (tertiary/aromatic N) is 1. The Labute approximate surface area is 118 Å². The van der Waals surface area contributed by atoms with Crippen molar-refractivity contribution in [1.29, 1.82) is 0 Å². The highest BCUT2D eigenvalue weighted by molar-refractivity contribution is 9.10. The van der Waals surface area contributed by atoms with E-state index < -0.39 is 0 Å². The summed E-state index contributed by atoms with van der Waals surface area (Å²) in [6.45, 7) is 0.904. The topological polar surface area (TPSA) is 30.8 Å². The van der Waals surface area contributed by atoms with Gasteiger partial charge >= 0.3 is 0 Å². The molecule has 3 nitrogen and oxygen atoms in total. The highest BCUT2D eigenvalue weighted by Gasteiger charge is 1.93. The van der Waals surface area contributed by atoms with Crippen LogP contribution in [0.25, 0.3) is 0 Å². The van der Waals surface area contributed by atoms with Crippen LogP contribution in [0.1, 0.15) is 4.88 Å². The Bertz CT molecular complexity index is 482. The minimum absolute atomic E-state index is 0.429. The number of hydrogen-bond donors (Lipinski definition) is 0. The number of halogens is 1. The van der Waals surface area contributed by atoms with E-state index in [0.29, 0.717) is 13.2 Å². The monoisotopic (exact) mass is 325 g/mol. The first kappa shape index (κ1) is 13.1. The molecule has 0 spiro atoms. The molecule has 2 aromatic rings. The van der Waals surface area contributed by atoms with Crippen LogP contribution in [0.4, 0.5) is 0 Å². The molecule has 1 aromatic carbocycles. The lowest BCUT2D eigenvalue weighted by Gasteiger charge is -2.04. The normalized spacial score (nSPS) is 10.7. The summed E-state index contributed by atoms with van der Waals surface area (Å²) in [6, 6.07) is 11.6. The van der Waals surface area contributed by atoms with E-state index in [1.165, 1.54) is 0 Å². The first-order chi connectivity index (χ1) is 8.84. The predicted octanol–water partition coefficient (Wildman–Crippen LogP) is 3.94. The minimum atomic E-state index is 0.429. The lowest BCUT2D eigenvalue weighted by Crippen LogP contribution is -2.03. The lowest BCUT2D eigenvalue weighted by atomic mass is 10.3. The Kier molecular flexibility index (Phi) is 5.23. The molecule has 18 heavy (non-hydrogen) atoms. The fourth-order valence-corrected chi connectivity index (χ4v) is 2.07. The number of rotatable bonds is 6. The van der Waals surface area contributed by atoms with E-state index in [0.717, 1.165) is 15.1 Å². The molecule has 0 aliphatic carbocycles. The van der Waals surface area contributed by atoms with Gasteiger partial charge in [0.1, 0.15) is 12.4 Å². The molecule has 0 atom stereocenters. The Morgan fingerprint density at radius 2 is 2.00 bits per heavy atom. The highest BCUT2D eigenvalue weighted by Crippen LogP contribution is 2.15. The maximum Gasteiger partial charge on any atom is 0.151 e. The Balaban J connectivity index is 1.63. The number of hydrogen-bond acceptors (Lipinski definition) is 4. The third-order valence-corrected chi connectivity index (χ3v) is 3.39. The van der Waals surface area contributed by atoms with Crippen molar-refractivity contribution in [2.45, 2.75) is 0 Å². The molecule has 0 aliphatic rings. The molecule has 0 saturated carbocycles. The Hall–Kier alpha value is -1.33. The van der Waals surface area contributed by atoms with Gasteiger partial charge in [0.05, 0.1) is 6.21 Å². The van der Waals surface area contributed by atoms with Crippen LogP contribution in [0.2, 0.25) is 0 Å². The zero-order valence-corrected chi connectivity index (χ0v) is 12.0. The highest BCUT2D eigenvalue weighted by atomic mass is 79.9. The smallest absolute Gasteiger partial charge is 0.151 e. The van der Waals surface area contributed by atoms with E-state index in [4.69, 9.17) is 9.57 Å². The lowest BCUT2D eigenvalue weighted by molar-refractivity contribution is 0.108. The third kappa shape index (κ3) is 4.50. The van der Waals surface area contributed by atoms with Crippen LogP contribution in [0.5, 0.6) is 5.75 Å². The van der Waals surface area contributed by atoms with Crippen LogP contribution < -0.4 is 4.74 Å². The summed E-state index contributed by atoms with van der Waals surface area (Å²) in [4.78, 5) is 6.17. The van der Waals surface area contributed by atoms with Crippen LogP contribution >= 0.6 is 27.3 Å². The van der Waals surface area contributed by atoms with E-state index in [9.17, 15) is 0 Å². The van der Waals surface area contributed by atoms with E-state index in [-0.39, 0.29) is 0 Å². The average Bonchev–Trinajstić information content (AvgIpc) is 2.89. The molecule has 0 unspecified atom stereocenters. The van der Waals surface area contributed by atoms with Crippen LogP contribution in [0.15, 0.2) is 51.4 Å². The minimum Gasteiger partial charge on any atom is -0.490 e. The van der Waals surface area contributed by atoms with Gasteiger partial charge in [0, 0.05) is 9.35 Å². The molecule has 94 valence electrons. The van der Waals surface area contributed by atoms with Crippen molar-refractivity contribution in [3.63, 3.8) is 0 Å². The zero-order valence-electron chi connectivity index (χ0n) is 9.58. The summed E-state index contributed by atoms with van der Waals surface area (Å²) >= 11 is 4.99. The van der Waals surface area contributed by atoms with Gasteiger partial charge in [-0.2, -0.15) is 0 Å². The van der Waals surface area contributed by atoms with Gasteiger partial charge < -0.3 is 9.57 Å². The fraction of sp³-hybridized carbons (Fsp3) is 0.154. The van der Waals surface area contributed by atoms with Crippen LogP contribution in [0, 0.1) is 0 Å². The molecule has 0 fully saturated rings. The van der Waals surface area contributed by atoms with Crippen molar-refractivity contribution in [3.8, 4) is 5.75 Å². The van der Waals surface area contributed by atoms with Crippen molar-refractivity contribution in [1.82, 2.24) is 0 Å². The van der Waals surface area contributed by atoms with Crippen molar-refractivity contribution in [2.24, 2.45) is 5.16 Å². The predicted molar refractivity (Wildman–Crippen MR) is 77.5 cm³/mol. The van der Waals surface area contributed by atoms with Crippen molar-refractivity contribution in [3.05, 3.63) is 51.1 Å². The van der Waals surface area contributed by atoms with Gasteiger partial charge in [0.2, 0.25) is 0 Å². The van der Waals surface area contributed by atoms with Crippen LogP contribution in [0.3, 0.4) is 0 Å². The Morgan fingerprint density at radius 1 is 1.17 bits per heavy atom. The number of benzene rings is 1. The second-order valence-electron chi connectivity index (χ2n) is 3.39. The first-order valence-corrected chi connectivity index (χ1v) is 7.09. The largest absolute Gasteiger partial charge is 0.490 e. The van der Waals surface area contributed by atoms with Crippen LogP contribution in [-0.4, -0.2) is 19.4 Å². The van der Waals surface area contributed by atoms with Crippen molar-refractivity contribution >= 4 is 33.5 Å². The second-order valence-corrected chi connectivity index (χ2v) is 5.28. The van der Waals surface area contributed by atoms with E-state index in [1.54, 1.807) is 17.6 Å². The molecule has 0 aliphatic heterocycles. The van der Waals surface area contributed by atoms with Crippen LogP contribution in [-0.2, 0) is 4.84 Å². The summed E-state index contributed by atoms with van der Waals surface area (Å²) in [5.74, 6) is 0.823. The van der Waals surface area contributed by atoms with Gasteiger partial charge in [0.25, 0.3) is 0 Å². The molecular weight excluding hydrogens is 314 g/mol. The molecule has 1 heterocycles. The van der Waals surface area contributed by atoms with Gasteiger partial charge in [-0.3, -0.25) is 0 Å². The van der Waals surface area contributed by atoms with Gasteiger partial charge in [-0.1, -0.05) is 27.2 Å². The molecule has 0 N–H and O–H groups in total. The van der Waals surface area contributed by atoms with Crippen molar-refractivity contribution < 1.29 is 9.57 Å². The van der Waals surface area contributed by atoms with Gasteiger partial charge in [-0.05, 0) is 35.7 Å². The first-order valence-electron chi connectivity index (χ1n) is 5.42. The maximum atomic E-state index is 5.48. The van der Waals surface area contributed by atoms with E-state index in [1.807, 2.05) is 41.8 Å². The average molecular weight is 326 g/mol. The molecule has 0 radical (unpaired) electrons. The van der Waals surface area contributed by atoms with Crippen molar-refractivity contribution in [2.75, 3.05) is 13.2 Å².